The SMILES string of the molecule is CN(CC1CCN(c2cc(C(F)(F)F)ccn2)CC1)C(=O)C1CC1. The van der Waals surface area contributed by atoms with Gasteiger partial charge in [0.25, 0.3) is 0 Å². The average Bonchev–Trinajstić information content (AvgIpc) is 3.39. The number of hydrogen-bond acceptors (Lipinski definition) is 3. The largest absolute Gasteiger partial charge is 0.416 e. The Labute approximate surface area is 139 Å². The van der Waals surface area contributed by atoms with Crippen LogP contribution in [0.4, 0.5) is 19.0 Å². The summed E-state index contributed by atoms with van der Waals surface area (Å²) in [5.74, 6) is 1.24. The number of carbonyl (C=O) groups is 1. The molecule has 4 nitrogen and oxygen atoms in total. The van der Waals surface area contributed by atoms with Crippen molar-refractivity contribution in [3.8, 4) is 0 Å². The fourth-order valence-electron chi connectivity index (χ4n) is 3.23. The standard InChI is InChI=1S/C17H22F3N3O/c1-22(16(24)13-2-3-13)11-12-5-8-23(9-6-12)15-10-14(4-7-21-15)17(18,19)20/h4,7,10,12-13H,2-3,5-6,8-9,11H2,1H3. The smallest absolute Gasteiger partial charge is 0.357 e. The van der Waals surface area contributed by atoms with E-state index in [0.717, 1.165) is 44.4 Å². The number of aromatic nitrogens is 1. The molecule has 1 saturated carbocycles. The van der Waals surface area contributed by atoms with Crippen LogP contribution in [0.3, 0.4) is 0 Å². The second-order valence-electron chi connectivity index (χ2n) is 6.82. The van der Waals surface area contributed by atoms with Crippen LogP contribution in [0.25, 0.3) is 0 Å². The molecule has 132 valence electrons. The van der Waals surface area contributed by atoms with Gasteiger partial charge in [0, 0.05) is 38.8 Å². The first kappa shape index (κ1) is 17.0. The molecular formula is C17H22F3N3O. The van der Waals surface area contributed by atoms with E-state index >= 15 is 0 Å². The van der Waals surface area contributed by atoms with E-state index in [1.165, 1.54) is 6.20 Å². The fourth-order valence-corrected chi connectivity index (χ4v) is 3.23. The highest BCUT2D eigenvalue weighted by molar-refractivity contribution is 5.80. The molecule has 1 aromatic rings. The van der Waals surface area contributed by atoms with Gasteiger partial charge in [-0.1, -0.05) is 0 Å². The monoisotopic (exact) mass is 341 g/mol. The van der Waals surface area contributed by atoms with Crippen molar-refractivity contribution in [3.05, 3.63) is 23.9 Å². The van der Waals surface area contributed by atoms with Gasteiger partial charge in [-0.25, -0.2) is 4.98 Å². The van der Waals surface area contributed by atoms with E-state index in [4.69, 9.17) is 0 Å². The van der Waals surface area contributed by atoms with Crippen molar-refractivity contribution in [1.82, 2.24) is 9.88 Å². The lowest BCUT2D eigenvalue weighted by molar-refractivity contribution is -0.137. The van der Waals surface area contributed by atoms with Gasteiger partial charge in [-0.05, 0) is 43.7 Å². The molecule has 1 amide bonds. The van der Waals surface area contributed by atoms with Crippen molar-refractivity contribution < 1.29 is 18.0 Å². The van der Waals surface area contributed by atoms with Crippen molar-refractivity contribution in [1.29, 1.82) is 0 Å². The number of hydrogen-bond donors (Lipinski definition) is 0. The number of nitrogens with zero attached hydrogens (tertiary/aromatic N) is 3. The average molecular weight is 341 g/mol. The van der Waals surface area contributed by atoms with Crippen molar-refractivity contribution in [2.45, 2.75) is 31.9 Å². The minimum Gasteiger partial charge on any atom is -0.357 e. The van der Waals surface area contributed by atoms with Crippen molar-refractivity contribution in [2.24, 2.45) is 11.8 Å². The summed E-state index contributed by atoms with van der Waals surface area (Å²) in [7, 11) is 1.85. The van der Waals surface area contributed by atoms with Gasteiger partial charge in [-0.15, -0.1) is 0 Å². The molecule has 0 aromatic carbocycles. The molecule has 0 bridgehead atoms. The minimum absolute atomic E-state index is 0.226. The number of amides is 1. The molecule has 0 radical (unpaired) electrons. The molecule has 0 spiro atoms. The quantitative estimate of drug-likeness (QED) is 0.844. The summed E-state index contributed by atoms with van der Waals surface area (Å²) in [6, 6.07) is 2.11. The van der Waals surface area contributed by atoms with E-state index in [1.807, 2.05) is 16.8 Å². The number of pyridine rings is 1. The summed E-state index contributed by atoms with van der Waals surface area (Å²) in [6.07, 6.45) is 0.598. The maximum Gasteiger partial charge on any atom is 0.416 e. The van der Waals surface area contributed by atoms with Crippen molar-refractivity contribution in [3.63, 3.8) is 0 Å². The molecule has 1 aliphatic heterocycles. The van der Waals surface area contributed by atoms with Gasteiger partial charge in [0.2, 0.25) is 5.91 Å². The van der Waals surface area contributed by atoms with Gasteiger partial charge in [0.15, 0.2) is 0 Å². The maximum atomic E-state index is 12.8. The second-order valence-corrected chi connectivity index (χ2v) is 6.82. The Hall–Kier alpha value is -1.79. The summed E-state index contributed by atoms with van der Waals surface area (Å²) < 4.78 is 38.4. The zero-order valence-electron chi connectivity index (χ0n) is 13.7. The normalized spacial score (nSPS) is 19.4. The van der Waals surface area contributed by atoms with Crippen LogP contribution in [0.1, 0.15) is 31.2 Å². The van der Waals surface area contributed by atoms with Crippen LogP contribution >= 0.6 is 0 Å². The Balaban J connectivity index is 1.54. The lowest BCUT2D eigenvalue weighted by Gasteiger charge is -2.34. The molecular weight excluding hydrogens is 319 g/mol. The van der Waals surface area contributed by atoms with E-state index in [0.29, 0.717) is 24.8 Å². The highest BCUT2D eigenvalue weighted by Crippen LogP contribution is 2.33. The molecule has 1 aromatic heterocycles. The number of anilines is 1. The first-order valence-corrected chi connectivity index (χ1v) is 8.38. The molecule has 2 aliphatic rings. The lowest BCUT2D eigenvalue weighted by Crippen LogP contribution is -2.40. The number of halogens is 3. The highest BCUT2D eigenvalue weighted by atomic mass is 19.4. The van der Waals surface area contributed by atoms with Crippen LogP contribution in [0.5, 0.6) is 0 Å². The minimum atomic E-state index is -4.35. The molecule has 7 heteroatoms. The molecule has 0 unspecified atom stereocenters. The molecule has 1 aliphatic carbocycles. The first-order valence-electron chi connectivity index (χ1n) is 8.38. The number of rotatable bonds is 4. The van der Waals surface area contributed by atoms with Crippen LogP contribution in [-0.4, -0.2) is 42.5 Å². The molecule has 1 saturated heterocycles. The van der Waals surface area contributed by atoms with Gasteiger partial charge < -0.3 is 9.80 Å². The van der Waals surface area contributed by atoms with Crippen LogP contribution in [0, 0.1) is 11.8 Å². The number of carbonyl (C=O) groups excluding carboxylic acids is 1. The van der Waals surface area contributed by atoms with E-state index in [1.54, 1.807) is 0 Å². The lowest BCUT2D eigenvalue weighted by atomic mass is 9.96. The second kappa shape index (κ2) is 6.61. The van der Waals surface area contributed by atoms with Crippen molar-refractivity contribution in [2.75, 3.05) is 31.6 Å². The highest BCUT2D eigenvalue weighted by Gasteiger charge is 2.34. The summed E-state index contributed by atoms with van der Waals surface area (Å²) in [5.41, 5.74) is -0.663. The van der Waals surface area contributed by atoms with Gasteiger partial charge in [-0.2, -0.15) is 13.2 Å². The zero-order valence-corrected chi connectivity index (χ0v) is 13.7. The Morgan fingerprint density at radius 2 is 1.96 bits per heavy atom. The van der Waals surface area contributed by atoms with Crippen LogP contribution < -0.4 is 4.90 Å². The maximum absolute atomic E-state index is 12.8. The number of alkyl halides is 3. The molecule has 0 N–H and O–H groups in total. The zero-order chi connectivity index (χ0) is 17.3. The van der Waals surface area contributed by atoms with E-state index in [-0.39, 0.29) is 11.8 Å². The molecule has 2 heterocycles. The number of piperidine rings is 1. The Morgan fingerprint density at radius 3 is 2.54 bits per heavy atom. The summed E-state index contributed by atoms with van der Waals surface area (Å²) in [5, 5.41) is 0. The van der Waals surface area contributed by atoms with Gasteiger partial charge >= 0.3 is 6.18 Å². The van der Waals surface area contributed by atoms with Crippen LogP contribution in [0.15, 0.2) is 18.3 Å². The van der Waals surface area contributed by atoms with E-state index < -0.39 is 11.7 Å². The summed E-state index contributed by atoms with van der Waals surface area (Å²) in [6.45, 7) is 2.08. The van der Waals surface area contributed by atoms with Gasteiger partial charge in [0.05, 0.1) is 5.56 Å². The third-order valence-corrected chi connectivity index (χ3v) is 4.85. The summed E-state index contributed by atoms with van der Waals surface area (Å²) in [4.78, 5) is 19.8. The van der Waals surface area contributed by atoms with Crippen molar-refractivity contribution >= 4 is 11.7 Å². The van der Waals surface area contributed by atoms with Gasteiger partial charge in [-0.3, -0.25) is 4.79 Å². The third-order valence-electron chi connectivity index (χ3n) is 4.85. The van der Waals surface area contributed by atoms with Gasteiger partial charge in [0.1, 0.15) is 5.82 Å². The van der Waals surface area contributed by atoms with Crippen LogP contribution in [-0.2, 0) is 11.0 Å². The topological polar surface area (TPSA) is 36.4 Å². The Morgan fingerprint density at radius 1 is 1.29 bits per heavy atom. The molecule has 24 heavy (non-hydrogen) atoms. The molecule has 2 fully saturated rings. The van der Waals surface area contributed by atoms with E-state index in [9.17, 15) is 18.0 Å². The predicted octanol–water partition coefficient (Wildman–Crippen LogP) is 3.19. The summed E-state index contributed by atoms with van der Waals surface area (Å²) >= 11 is 0. The Kier molecular flexibility index (Phi) is 4.69. The van der Waals surface area contributed by atoms with Crippen LogP contribution in [0.2, 0.25) is 0 Å². The molecule has 0 atom stereocenters. The molecule has 3 rings (SSSR count). The Bertz CT molecular complexity index is 593. The predicted molar refractivity (Wildman–Crippen MR) is 84.5 cm³/mol. The fraction of sp³-hybridized carbons (Fsp3) is 0.647. The first-order chi connectivity index (χ1) is 11.3. The van der Waals surface area contributed by atoms with E-state index in [2.05, 4.69) is 4.98 Å². The third kappa shape index (κ3) is 3.99.